The van der Waals surface area contributed by atoms with Crippen LogP contribution >= 0.6 is 23.2 Å². The van der Waals surface area contributed by atoms with Crippen LogP contribution in [-0.2, 0) is 21.2 Å². The zero-order valence-corrected chi connectivity index (χ0v) is 14.4. The lowest BCUT2D eigenvalue weighted by Gasteiger charge is -2.31. The van der Waals surface area contributed by atoms with E-state index in [9.17, 15) is 8.42 Å². The number of hydrogen-bond donors (Lipinski definition) is 1. The molecule has 2 atom stereocenters. The van der Waals surface area contributed by atoms with E-state index in [0.717, 1.165) is 18.4 Å². The van der Waals surface area contributed by atoms with Crippen LogP contribution in [0.3, 0.4) is 0 Å². The van der Waals surface area contributed by atoms with Crippen molar-refractivity contribution in [2.75, 3.05) is 13.2 Å². The second-order valence-corrected chi connectivity index (χ2v) is 8.81. The Morgan fingerprint density at radius 2 is 2.00 bits per heavy atom. The van der Waals surface area contributed by atoms with Crippen molar-refractivity contribution in [2.24, 2.45) is 5.92 Å². The summed E-state index contributed by atoms with van der Waals surface area (Å²) in [7, 11) is -3.31. The first-order valence-corrected chi connectivity index (χ1v) is 9.79. The molecule has 122 valence electrons. The third-order valence-electron chi connectivity index (χ3n) is 4.21. The molecule has 0 amide bonds. The van der Waals surface area contributed by atoms with Gasteiger partial charge in [0, 0.05) is 28.6 Å². The lowest BCUT2D eigenvalue weighted by atomic mass is 9.93. The van der Waals surface area contributed by atoms with Crippen molar-refractivity contribution < 1.29 is 13.2 Å². The van der Waals surface area contributed by atoms with Crippen molar-refractivity contribution in [3.8, 4) is 0 Å². The molecule has 3 rings (SSSR count). The smallest absolute Gasteiger partial charge is 0.215 e. The predicted molar refractivity (Wildman–Crippen MR) is 88.0 cm³/mol. The van der Waals surface area contributed by atoms with Crippen LogP contribution in [-0.4, -0.2) is 32.9 Å². The molecule has 0 bridgehead atoms. The van der Waals surface area contributed by atoms with E-state index in [-0.39, 0.29) is 12.0 Å². The van der Waals surface area contributed by atoms with Gasteiger partial charge in [0.05, 0.1) is 11.9 Å². The summed E-state index contributed by atoms with van der Waals surface area (Å²) in [4.78, 5) is 0. The van der Waals surface area contributed by atoms with E-state index < -0.39 is 15.3 Å². The van der Waals surface area contributed by atoms with Crippen LogP contribution in [0.15, 0.2) is 18.2 Å². The van der Waals surface area contributed by atoms with E-state index in [1.165, 1.54) is 0 Å². The Bertz CT molecular complexity index is 646. The molecule has 2 aliphatic rings. The number of ether oxygens (including phenoxy) is 1. The molecule has 1 saturated heterocycles. The van der Waals surface area contributed by atoms with Crippen molar-refractivity contribution in [3.63, 3.8) is 0 Å². The second-order valence-electron chi connectivity index (χ2n) is 6.04. The molecule has 7 heteroatoms. The molecule has 1 N–H and O–H groups in total. The molecule has 1 aliphatic carbocycles. The summed E-state index contributed by atoms with van der Waals surface area (Å²) in [6.45, 7) is 0.927. The predicted octanol–water partition coefficient (Wildman–Crippen LogP) is 3.02. The van der Waals surface area contributed by atoms with Gasteiger partial charge in [0.2, 0.25) is 10.0 Å². The highest BCUT2D eigenvalue weighted by Gasteiger charge is 2.39. The quantitative estimate of drug-likeness (QED) is 0.874. The number of sulfonamides is 1. The topological polar surface area (TPSA) is 55.4 Å². The molecular formula is C15H19Cl2NO3S. The number of halogens is 2. The van der Waals surface area contributed by atoms with Crippen LogP contribution in [0.2, 0.25) is 10.0 Å². The highest BCUT2D eigenvalue weighted by molar-refractivity contribution is 7.90. The van der Waals surface area contributed by atoms with Crippen LogP contribution in [0.5, 0.6) is 0 Å². The van der Waals surface area contributed by atoms with Gasteiger partial charge in [-0.25, -0.2) is 13.1 Å². The molecular weight excluding hydrogens is 345 g/mol. The highest BCUT2D eigenvalue weighted by Crippen LogP contribution is 2.30. The summed E-state index contributed by atoms with van der Waals surface area (Å²) in [6, 6.07) is 5.46. The minimum Gasteiger partial charge on any atom is -0.381 e. The zero-order chi connectivity index (χ0) is 15.7. The molecule has 1 aromatic rings. The van der Waals surface area contributed by atoms with Gasteiger partial charge >= 0.3 is 0 Å². The van der Waals surface area contributed by atoms with E-state index in [4.69, 9.17) is 27.9 Å². The maximum atomic E-state index is 12.6. The first kappa shape index (κ1) is 16.5. The maximum Gasteiger partial charge on any atom is 0.215 e. The number of hydrogen-bond acceptors (Lipinski definition) is 3. The summed E-state index contributed by atoms with van der Waals surface area (Å²) in [5.41, 5.74) is 0.910. The Balaban J connectivity index is 1.77. The lowest BCUT2D eigenvalue weighted by molar-refractivity contribution is 0.0570. The molecule has 1 aromatic carbocycles. The van der Waals surface area contributed by atoms with E-state index >= 15 is 0 Å². The van der Waals surface area contributed by atoms with Crippen LogP contribution in [0.25, 0.3) is 0 Å². The van der Waals surface area contributed by atoms with Gasteiger partial charge in [-0.2, -0.15) is 0 Å². The fourth-order valence-electron chi connectivity index (χ4n) is 2.87. The molecule has 0 spiro atoms. The summed E-state index contributed by atoms with van der Waals surface area (Å²) in [6.07, 6.45) is 2.98. The van der Waals surface area contributed by atoms with Gasteiger partial charge in [0.15, 0.2) is 0 Å². The fourth-order valence-corrected chi connectivity index (χ4v) is 5.32. The van der Waals surface area contributed by atoms with Crippen LogP contribution < -0.4 is 4.72 Å². The highest BCUT2D eigenvalue weighted by atomic mass is 35.5. The van der Waals surface area contributed by atoms with E-state index in [1.54, 1.807) is 12.1 Å². The van der Waals surface area contributed by atoms with Gasteiger partial charge in [0.25, 0.3) is 0 Å². The third-order valence-corrected chi connectivity index (χ3v) is 6.88. The maximum absolute atomic E-state index is 12.6. The van der Waals surface area contributed by atoms with Gasteiger partial charge in [-0.1, -0.05) is 29.3 Å². The molecule has 2 fully saturated rings. The zero-order valence-electron chi connectivity index (χ0n) is 12.1. The SMILES string of the molecule is O=S(=O)(NC1CC1)[C@H]1CCOC[C@@H]1Cc1ccc(Cl)cc1Cl. The molecule has 1 saturated carbocycles. The Morgan fingerprint density at radius 1 is 1.23 bits per heavy atom. The molecule has 0 radical (unpaired) electrons. The minimum absolute atomic E-state index is 0.0938. The Labute approximate surface area is 141 Å². The normalized spacial score (nSPS) is 26.1. The van der Waals surface area contributed by atoms with Gasteiger partial charge in [-0.3, -0.25) is 0 Å². The van der Waals surface area contributed by atoms with Gasteiger partial charge in [0.1, 0.15) is 0 Å². The summed E-state index contributed by atoms with van der Waals surface area (Å²) < 4.78 is 33.4. The first-order valence-electron chi connectivity index (χ1n) is 7.48. The Hall–Kier alpha value is -0.330. The largest absolute Gasteiger partial charge is 0.381 e. The molecule has 4 nitrogen and oxygen atoms in total. The standard InChI is InChI=1S/C15H19Cl2NO3S/c16-12-2-1-10(14(17)8-12)7-11-9-21-6-5-15(11)22(19,20)18-13-3-4-13/h1-2,8,11,13,15,18H,3-7,9H2/t11-,15-/m0/s1. The lowest BCUT2D eigenvalue weighted by Crippen LogP contribution is -2.45. The van der Waals surface area contributed by atoms with Crippen molar-refractivity contribution >= 4 is 33.2 Å². The molecule has 22 heavy (non-hydrogen) atoms. The average Bonchev–Trinajstić information content (AvgIpc) is 3.26. The van der Waals surface area contributed by atoms with Crippen molar-refractivity contribution in [2.45, 2.75) is 37.0 Å². The monoisotopic (exact) mass is 363 g/mol. The van der Waals surface area contributed by atoms with E-state index in [2.05, 4.69) is 4.72 Å². The second kappa shape index (κ2) is 6.65. The van der Waals surface area contributed by atoms with Crippen molar-refractivity contribution in [1.82, 2.24) is 4.72 Å². The van der Waals surface area contributed by atoms with Crippen LogP contribution in [0, 0.1) is 5.92 Å². The minimum atomic E-state index is -3.31. The first-order chi connectivity index (χ1) is 10.5. The third kappa shape index (κ3) is 3.95. The number of rotatable bonds is 5. The van der Waals surface area contributed by atoms with E-state index in [1.807, 2.05) is 6.07 Å². The molecule has 0 unspecified atom stereocenters. The number of nitrogens with one attached hydrogen (secondary N) is 1. The van der Waals surface area contributed by atoms with Crippen LogP contribution in [0.1, 0.15) is 24.8 Å². The van der Waals surface area contributed by atoms with Gasteiger partial charge in [-0.05, 0) is 43.4 Å². The van der Waals surface area contributed by atoms with Crippen LogP contribution in [0.4, 0.5) is 0 Å². The average molecular weight is 364 g/mol. The van der Waals surface area contributed by atoms with E-state index in [0.29, 0.717) is 36.1 Å². The molecule has 1 heterocycles. The van der Waals surface area contributed by atoms with Crippen molar-refractivity contribution in [3.05, 3.63) is 33.8 Å². The van der Waals surface area contributed by atoms with Gasteiger partial charge < -0.3 is 4.74 Å². The molecule has 1 aliphatic heterocycles. The summed E-state index contributed by atoms with van der Waals surface area (Å²) >= 11 is 12.1. The number of benzene rings is 1. The molecule has 0 aromatic heterocycles. The Kier molecular flexibility index (Phi) is 5.00. The Morgan fingerprint density at radius 3 is 2.68 bits per heavy atom. The summed E-state index contributed by atoms with van der Waals surface area (Å²) in [5.74, 6) is -0.0938. The van der Waals surface area contributed by atoms with Crippen molar-refractivity contribution in [1.29, 1.82) is 0 Å². The fraction of sp³-hybridized carbons (Fsp3) is 0.600. The summed E-state index contributed by atoms with van der Waals surface area (Å²) in [5, 5.41) is 0.728. The van der Waals surface area contributed by atoms with Gasteiger partial charge in [-0.15, -0.1) is 0 Å².